The van der Waals surface area contributed by atoms with Crippen LogP contribution in [0, 0.1) is 5.41 Å². The van der Waals surface area contributed by atoms with Gasteiger partial charge in [-0.05, 0) is 49.5 Å². The highest BCUT2D eigenvalue weighted by atomic mass is 32.2. The first-order chi connectivity index (χ1) is 7.23. The quantitative estimate of drug-likeness (QED) is 0.771. The van der Waals surface area contributed by atoms with Crippen molar-refractivity contribution in [3.63, 3.8) is 0 Å². The highest BCUT2D eigenvalue weighted by Crippen LogP contribution is 2.52. The Labute approximate surface area is 95.9 Å². The van der Waals surface area contributed by atoms with Crippen molar-refractivity contribution >= 4 is 11.8 Å². The van der Waals surface area contributed by atoms with E-state index in [1.54, 1.807) is 0 Å². The van der Waals surface area contributed by atoms with Gasteiger partial charge in [-0.1, -0.05) is 18.2 Å². The minimum atomic E-state index is -0.131. The second kappa shape index (κ2) is 4.58. The first-order valence-electron chi connectivity index (χ1n) is 5.59. The van der Waals surface area contributed by atoms with Crippen LogP contribution in [0.2, 0.25) is 0 Å². The summed E-state index contributed by atoms with van der Waals surface area (Å²) >= 11 is 1.89. The summed E-state index contributed by atoms with van der Waals surface area (Å²) in [5, 5.41) is 9.63. The molecule has 1 aliphatic rings. The topological polar surface area (TPSA) is 20.2 Å². The highest BCUT2D eigenvalue weighted by Gasteiger charge is 2.45. The molecule has 2 rings (SSSR count). The van der Waals surface area contributed by atoms with E-state index in [-0.39, 0.29) is 11.5 Å². The molecule has 1 nitrogen and oxygen atoms in total. The van der Waals surface area contributed by atoms with Crippen molar-refractivity contribution < 1.29 is 5.11 Å². The van der Waals surface area contributed by atoms with Gasteiger partial charge in [-0.2, -0.15) is 0 Å². The zero-order valence-corrected chi connectivity index (χ0v) is 9.96. The summed E-state index contributed by atoms with van der Waals surface area (Å²) in [5.74, 6) is 1.12. The third kappa shape index (κ3) is 2.76. The van der Waals surface area contributed by atoms with Gasteiger partial charge in [0.15, 0.2) is 0 Å². The summed E-state index contributed by atoms with van der Waals surface area (Å²) in [6.45, 7) is 1.93. The lowest BCUT2D eigenvalue weighted by Gasteiger charge is -2.17. The molecule has 1 atom stereocenters. The molecule has 1 aliphatic carbocycles. The van der Waals surface area contributed by atoms with Crippen molar-refractivity contribution in [2.24, 2.45) is 5.41 Å². The van der Waals surface area contributed by atoms with E-state index in [4.69, 9.17) is 0 Å². The van der Waals surface area contributed by atoms with Crippen molar-refractivity contribution in [3.05, 3.63) is 30.3 Å². The maximum Gasteiger partial charge on any atom is 0.0568 e. The molecule has 15 heavy (non-hydrogen) atoms. The Balaban J connectivity index is 1.76. The zero-order valence-electron chi connectivity index (χ0n) is 9.15. The van der Waals surface area contributed by atoms with Crippen LogP contribution in [0.3, 0.4) is 0 Å². The summed E-state index contributed by atoms with van der Waals surface area (Å²) in [6.07, 6.45) is 3.43. The highest BCUT2D eigenvalue weighted by molar-refractivity contribution is 7.99. The van der Waals surface area contributed by atoms with Crippen molar-refractivity contribution in [1.29, 1.82) is 0 Å². The van der Waals surface area contributed by atoms with Crippen LogP contribution in [0.4, 0.5) is 0 Å². The van der Waals surface area contributed by atoms with Crippen LogP contribution in [-0.4, -0.2) is 17.0 Å². The van der Waals surface area contributed by atoms with E-state index in [0.717, 1.165) is 12.2 Å². The maximum absolute atomic E-state index is 9.63. The van der Waals surface area contributed by atoms with E-state index in [2.05, 4.69) is 24.3 Å². The number of aliphatic hydroxyl groups excluding tert-OH is 1. The molecule has 0 radical (unpaired) electrons. The van der Waals surface area contributed by atoms with Gasteiger partial charge in [0.2, 0.25) is 0 Å². The Bertz CT molecular complexity index is 304. The number of hydrogen-bond donors (Lipinski definition) is 1. The largest absolute Gasteiger partial charge is 0.393 e. The number of hydrogen-bond acceptors (Lipinski definition) is 2. The maximum atomic E-state index is 9.63. The molecule has 0 bridgehead atoms. The van der Waals surface area contributed by atoms with Crippen LogP contribution in [-0.2, 0) is 0 Å². The van der Waals surface area contributed by atoms with E-state index in [1.165, 1.54) is 17.7 Å². The molecule has 82 valence electrons. The van der Waals surface area contributed by atoms with Crippen molar-refractivity contribution in [3.8, 4) is 0 Å². The monoisotopic (exact) mass is 222 g/mol. The Hall–Kier alpha value is -0.470. The minimum Gasteiger partial charge on any atom is -0.393 e. The Morgan fingerprint density at radius 1 is 1.33 bits per heavy atom. The summed E-state index contributed by atoms with van der Waals surface area (Å²) in [7, 11) is 0. The normalized spacial score (nSPS) is 19.9. The number of benzene rings is 1. The molecule has 1 aromatic rings. The van der Waals surface area contributed by atoms with Gasteiger partial charge in [-0.25, -0.2) is 0 Å². The summed E-state index contributed by atoms with van der Waals surface area (Å²) in [6, 6.07) is 10.5. The van der Waals surface area contributed by atoms with Gasteiger partial charge >= 0.3 is 0 Å². The fourth-order valence-electron chi connectivity index (χ4n) is 1.93. The average molecular weight is 222 g/mol. The van der Waals surface area contributed by atoms with Gasteiger partial charge in [0.05, 0.1) is 6.10 Å². The first-order valence-corrected chi connectivity index (χ1v) is 6.57. The molecule has 1 fully saturated rings. The third-order valence-corrected chi connectivity index (χ3v) is 4.40. The Morgan fingerprint density at radius 3 is 2.53 bits per heavy atom. The van der Waals surface area contributed by atoms with Crippen LogP contribution < -0.4 is 0 Å². The van der Waals surface area contributed by atoms with Crippen LogP contribution >= 0.6 is 11.8 Å². The molecule has 0 heterocycles. The van der Waals surface area contributed by atoms with E-state index in [0.29, 0.717) is 0 Å². The smallest absolute Gasteiger partial charge is 0.0568 e. The van der Waals surface area contributed by atoms with E-state index < -0.39 is 0 Å². The molecule has 1 aromatic carbocycles. The third-order valence-electron chi connectivity index (χ3n) is 3.39. The van der Waals surface area contributed by atoms with Crippen molar-refractivity contribution in [1.82, 2.24) is 0 Å². The molecule has 1 unspecified atom stereocenters. The van der Waals surface area contributed by atoms with E-state index >= 15 is 0 Å². The molecule has 1 N–H and O–H groups in total. The molecule has 2 heteroatoms. The van der Waals surface area contributed by atoms with Crippen LogP contribution in [0.1, 0.15) is 26.2 Å². The number of rotatable bonds is 5. The Kier molecular flexibility index (Phi) is 3.37. The number of aliphatic hydroxyl groups is 1. The van der Waals surface area contributed by atoms with Gasteiger partial charge in [0.25, 0.3) is 0 Å². The van der Waals surface area contributed by atoms with Crippen molar-refractivity contribution in [2.45, 2.75) is 37.2 Å². The van der Waals surface area contributed by atoms with Crippen molar-refractivity contribution in [2.75, 3.05) is 5.75 Å². The lowest BCUT2D eigenvalue weighted by Crippen LogP contribution is -2.18. The molecular weight excluding hydrogens is 204 g/mol. The Morgan fingerprint density at radius 2 is 2.00 bits per heavy atom. The average Bonchev–Trinajstić information content (AvgIpc) is 3.01. The molecule has 0 spiro atoms. The first kappa shape index (κ1) is 11.0. The predicted octanol–water partition coefficient (Wildman–Crippen LogP) is 3.33. The fourth-order valence-corrected chi connectivity index (χ4v) is 3.02. The summed E-state index contributed by atoms with van der Waals surface area (Å²) < 4.78 is 0. The fraction of sp³-hybridized carbons (Fsp3) is 0.538. The molecule has 1 saturated carbocycles. The SMILES string of the molecule is CC(O)C1(CCSc2ccccc2)CC1. The predicted molar refractivity (Wildman–Crippen MR) is 65.1 cm³/mol. The molecule has 0 saturated heterocycles. The van der Waals surface area contributed by atoms with Crippen LogP contribution in [0.5, 0.6) is 0 Å². The zero-order chi connectivity index (χ0) is 10.7. The summed E-state index contributed by atoms with van der Waals surface area (Å²) in [4.78, 5) is 1.33. The lowest BCUT2D eigenvalue weighted by atomic mass is 9.98. The molecule has 0 aromatic heterocycles. The minimum absolute atomic E-state index is 0.131. The van der Waals surface area contributed by atoms with E-state index in [9.17, 15) is 5.11 Å². The number of thioether (sulfide) groups is 1. The van der Waals surface area contributed by atoms with Crippen LogP contribution in [0.25, 0.3) is 0 Å². The molecule has 0 aliphatic heterocycles. The summed E-state index contributed by atoms with van der Waals surface area (Å²) in [5.41, 5.74) is 0.266. The molecular formula is C13H18OS. The van der Waals surface area contributed by atoms with Crippen LogP contribution in [0.15, 0.2) is 35.2 Å². The van der Waals surface area contributed by atoms with E-state index in [1.807, 2.05) is 24.8 Å². The van der Waals surface area contributed by atoms with Gasteiger partial charge in [-0.3, -0.25) is 0 Å². The second-order valence-corrected chi connectivity index (χ2v) is 5.62. The van der Waals surface area contributed by atoms with Gasteiger partial charge < -0.3 is 5.11 Å². The second-order valence-electron chi connectivity index (χ2n) is 4.45. The van der Waals surface area contributed by atoms with Gasteiger partial charge in [0.1, 0.15) is 0 Å². The molecule has 0 amide bonds. The van der Waals surface area contributed by atoms with Gasteiger partial charge in [0, 0.05) is 4.90 Å². The standard InChI is InChI=1S/C13H18OS/c1-11(14)13(7-8-13)9-10-15-12-5-3-2-4-6-12/h2-6,11,14H,7-10H2,1H3. The lowest BCUT2D eigenvalue weighted by molar-refractivity contribution is 0.108. The van der Waals surface area contributed by atoms with Gasteiger partial charge in [-0.15, -0.1) is 11.8 Å².